The van der Waals surface area contributed by atoms with Gasteiger partial charge in [-0.3, -0.25) is 0 Å². The highest BCUT2D eigenvalue weighted by Crippen LogP contribution is 2.30. The minimum atomic E-state index is 0.167. The van der Waals surface area contributed by atoms with Crippen molar-refractivity contribution in [3.05, 3.63) is 50.9 Å². The van der Waals surface area contributed by atoms with Crippen LogP contribution in [0.15, 0.2) is 45.3 Å². The van der Waals surface area contributed by atoms with E-state index in [0.717, 1.165) is 31.4 Å². The van der Waals surface area contributed by atoms with Gasteiger partial charge in [-0.2, -0.15) is 0 Å². The molecule has 1 aromatic heterocycles. The molecule has 2 aromatic carbocycles. The van der Waals surface area contributed by atoms with Gasteiger partial charge in [-0.15, -0.1) is 0 Å². The van der Waals surface area contributed by atoms with Gasteiger partial charge in [-0.25, -0.2) is 4.98 Å². The summed E-state index contributed by atoms with van der Waals surface area (Å²) in [5.74, 6) is 0.893. The molecule has 0 fully saturated rings. The van der Waals surface area contributed by atoms with E-state index in [9.17, 15) is 0 Å². The van der Waals surface area contributed by atoms with Crippen molar-refractivity contribution in [3.8, 4) is 11.4 Å². The number of halogens is 2. The van der Waals surface area contributed by atoms with Gasteiger partial charge in [0.05, 0.1) is 5.52 Å². The summed E-state index contributed by atoms with van der Waals surface area (Å²) in [7, 11) is 0. The maximum Gasteiger partial charge on any atom is 0.138 e. The number of rotatable bonds is 1. The van der Waals surface area contributed by atoms with Gasteiger partial charge in [-0.05, 0) is 39.0 Å². The number of aromatic amines is 1. The van der Waals surface area contributed by atoms with E-state index >= 15 is 0 Å². The fourth-order valence-corrected chi connectivity index (χ4v) is 3.62. The molecule has 2 nitrogen and oxygen atoms in total. The summed E-state index contributed by atoms with van der Waals surface area (Å²) in [5.41, 5.74) is 4.56. The lowest BCUT2D eigenvalue weighted by Crippen LogP contribution is -2.10. The van der Waals surface area contributed by atoms with E-state index in [4.69, 9.17) is 4.98 Å². The van der Waals surface area contributed by atoms with Gasteiger partial charge >= 0.3 is 0 Å². The van der Waals surface area contributed by atoms with Gasteiger partial charge < -0.3 is 4.98 Å². The Kier molecular flexibility index (Phi) is 3.70. The zero-order chi connectivity index (χ0) is 15.2. The van der Waals surface area contributed by atoms with E-state index < -0.39 is 0 Å². The third-order valence-corrected chi connectivity index (χ3v) is 4.59. The second-order valence-corrected chi connectivity index (χ2v) is 7.97. The molecular weight excluding hydrogens is 392 g/mol. The molecule has 0 amide bonds. The fourth-order valence-electron chi connectivity index (χ4n) is 2.31. The quantitative estimate of drug-likeness (QED) is 0.522. The predicted molar refractivity (Wildman–Crippen MR) is 95.6 cm³/mol. The van der Waals surface area contributed by atoms with Gasteiger partial charge in [0.25, 0.3) is 0 Å². The standard InChI is InChI=1S/C17H16Br2N2/c1-17(2,3)11-6-4-10(5-7-11)16-20-14-9-12(18)8-13(19)15(14)21-16/h4-9H,1-3H3,(H,20,21). The monoisotopic (exact) mass is 406 g/mol. The molecule has 0 radical (unpaired) electrons. The lowest BCUT2D eigenvalue weighted by atomic mass is 9.87. The third-order valence-electron chi connectivity index (χ3n) is 3.53. The van der Waals surface area contributed by atoms with Crippen molar-refractivity contribution in [1.82, 2.24) is 9.97 Å². The number of nitrogens with one attached hydrogen (secondary N) is 1. The summed E-state index contributed by atoms with van der Waals surface area (Å²) in [4.78, 5) is 8.07. The maximum atomic E-state index is 4.69. The number of benzene rings is 2. The summed E-state index contributed by atoms with van der Waals surface area (Å²) < 4.78 is 2.01. The molecule has 0 aliphatic heterocycles. The first kappa shape index (κ1) is 14.8. The van der Waals surface area contributed by atoms with Crippen LogP contribution in [-0.4, -0.2) is 9.97 Å². The SMILES string of the molecule is CC(C)(C)c1ccc(-c2nc3c(Br)cc(Br)cc3[nH]2)cc1. The van der Waals surface area contributed by atoms with E-state index in [1.807, 2.05) is 12.1 Å². The van der Waals surface area contributed by atoms with Crippen LogP contribution in [0.5, 0.6) is 0 Å². The Balaban J connectivity index is 2.06. The Hall–Kier alpha value is -1.13. The van der Waals surface area contributed by atoms with Gasteiger partial charge in [0, 0.05) is 14.5 Å². The first-order chi connectivity index (χ1) is 9.84. The Morgan fingerprint density at radius 1 is 1.00 bits per heavy atom. The van der Waals surface area contributed by atoms with Gasteiger partial charge in [-0.1, -0.05) is 61.0 Å². The van der Waals surface area contributed by atoms with Crippen molar-refractivity contribution in [2.75, 3.05) is 0 Å². The minimum Gasteiger partial charge on any atom is -0.338 e. The molecule has 0 saturated heterocycles. The zero-order valence-corrected chi connectivity index (χ0v) is 15.3. The molecule has 4 heteroatoms. The summed E-state index contributed by atoms with van der Waals surface area (Å²) in [5, 5.41) is 0. The van der Waals surface area contributed by atoms with Crippen LogP contribution in [-0.2, 0) is 5.41 Å². The first-order valence-corrected chi connectivity index (χ1v) is 8.39. The summed E-state index contributed by atoms with van der Waals surface area (Å²) >= 11 is 7.06. The van der Waals surface area contributed by atoms with E-state index in [1.54, 1.807) is 0 Å². The Labute approximate surface area is 141 Å². The smallest absolute Gasteiger partial charge is 0.138 e. The second kappa shape index (κ2) is 5.25. The highest BCUT2D eigenvalue weighted by Gasteiger charge is 2.14. The third kappa shape index (κ3) is 2.92. The van der Waals surface area contributed by atoms with Gasteiger partial charge in [0.1, 0.15) is 11.3 Å². The zero-order valence-electron chi connectivity index (χ0n) is 12.2. The summed E-state index contributed by atoms with van der Waals surface area (Å²) in [6.45, 7) is 6.66. The molecule has 1 N–H and O–H groups in total. The van der Waals surface area contributed by atoms with Crippen molar-refractivity contribution in [2.24, 2.45) is 0 Å². The molecular formula is C17H16Br2N2. The van der Waals surface area contributed by atoms with Crippen LogP contribution < -0.4 is 0 Å². The largest absolute Gasteiger partial charge is 0.338 e. The Morgan fingerprint density at radius 3 is 2.29 bits per heavy atom. The highest BCUT2D eigenvalue weighted by molar-refractivity contribution is 9.11. The average molecular weight is 408 g/mol. The van der Waals surface area contributed by atoms with Crippen molar-refractivity contribution in [3.63, 3.8) is 0 Å². The predicted octanol–water partition coefficient (Wildman–Crippen LogP) is 6.05. The van der Waals surface area contributed by atoms with Crippen LogP contribution in [0.1, 0.15) is 26.3 Å². The van der Waals surface area contributed by atoms with E-state index in [2.05, 4.69) is 81.9 Å². The molecule has 0 saturated carbocycles. The Bertz CT molecular complexity index is 796. The van der Waals surface area contributed by atoms with Gasteiger partial charge in [0.2, 0.25) is 0 Å². The first-order valence-electron chi connectivity index (χ1n) is 6.80. The Morgan fingerprint density at radius 2 is 1.67 bits per heavy atom. The number of H-pyrrole nitrogens is 1. The van der Waals surface area contributed by atoms with Crippen LogP contribution in [0.2, 0.25) is 0 Å². The molecule has 3 aromatic rings. The van der Waals surface area contributed by atoms with E-state index in [0.29, 0.717) is 0 Å². The molecule has 0 aliphatic rings. The van der Waals surface area contributed by atoms with Crippen molar-refractivity contribution in [2.45, 2.75) is 26.2 Å². The van der Waals surface area contributed by atoms with Crippen LogP contribution in [0.4, 0.5) is 0 Å². The number of hydrogen-bond donors (Lipinski definition) is 1. The van der Waals surface area contributed by atoms with Crippen LogP contribution >= 0.6 is 31.9 Å². The van der Waals surface area contributed by atoms with E-state index in [1.165, 1.54) is 5.56 Å². The lowest BCUT2D eigenvalue weighted by Gasteiger charge is -2.18. The molecule has 108 valence electrons. The molecule has 21 heavy (non-hydrogen) atoms. The molecule has 0 atom stereocenters. The number of nitrogens with zero attached hydrogens (tertiary/aromatic N) is 1. The number of fused-ring (bicyclic) bond motifs is 1. The van der Waals surface area contributed by atoms with Crippen molar-refractivity contribution < 1.29 is 0 Å². The highest BCUT2D eigenvalue weighted by atomic mass is 79.9. The topological polar surface area (TPSA) is 28.7 Å². The summed E-state index contributed by atoms with van der Waals surface area (Å²) in [6, 6.07) is 12.7. The second-order valence-electron chi connectivity index (χ2n) is 6.20. The van der Waals surface area contributed by atoms with Crippen LogP contribution in [0.25, 0.3) is 22.4 Å². The number of aromatic nitrogens is 2. The molecule has 0 unspecified atom stereocenters. The molecule has 1 heterocycles. The molecule has 0 bridgehead atoms. The number of hydrogen-bond acceptors (Lipinski definition) is 1. The minimum absolute atomic E-state index is 0.167. The fraction of sp³-hybridized carbons (Fsp3) is 0.235. The molecule has 0 aliphatic carbocycles. The van der Waals surface area contributed by atoms with Gasteiger partial charge in [0.15, 0.2) is 0 Å². The van der Waals surface area contributed by atoms with Crippen LogP contribution in [0.3, 0.4) is 0 Å². The molecule has 0 spiro atoms. The lowest BCUT2D eigenvalue weighted by molar-refractivity contribution is 0.590. The normalized spacial score (nSPS) is 12.0. The average Bonchev–Trinajstić information content (AvgIpc) is 2.82. The van der Waals surface area contributed by atoms with Crippen molar-refractivity contribution >= 4 is 42.9 Å². The number of imidazole rings is 1. The maximum absolute atomic E-state index is 4.69. The summed E-state index contributed by atoms with van der Waals surface area (Å²) in [6.07, 6.45) is 0. The van der Waals surface area contributed by atoms with Crippen molar-refractivity contribution in [1.29, 1.82) is 0 Å². The van der Waals surface area contributed by atoms with E-state index in [-0.39, 0.29) is 5.41 Å². The van der Waals surface area contributed by atoms with Crippen LogP contribution in [0, 0.1) is 0 Å². The molecule has 3 rings (SSSR count).